The molecule has 0 aromatic heterocycles. The van der Waals surface area contributed by atoms with Crippen LogP contribution in [0.4, 0.5) is 0 Å². The van der Waals surface area contributed by atoms with E-state index in [0.717, 1.165) is 0 Å². The second-order valence-electron chi connectivity index (χ2n) is 2.27. The summed E-state index contributed by atoms with van der Waals surface area (Å²) in [4.78, 5) is 21.6. The van der Waals surface area contributed by atoms with Crippen LogP contribution in [0.5, 0.6) is 0 Å². The Balaban J connectivity index is 3.52. The lowest BCUT2D eigenvalue weighted by Crippen LogP contribution is -2.39. The summed E-state index contributed by atoms with van der Waals surface area (Å²) in [6.07, 6.45) is 0. The average molecular weight is 250 g/mol. The second kappa shape index (κ2) is 6.62. The van der Waals surface area contributed by atoms with Crippen molar-refractivity contribution in [2.45, 2.75) is 0 Å². The van der Waals surface area contributed by atoms with Gasteiger partial charge in [-0.05, 0) is 0 Å². The molecule has 0 aromatic carbocycles. The van der Waals surface area contributed by atoms with Gasteiger partial charge < -0.3 is 16.4 Å². The van der Waals surface area contributed by atoms with E-state index in [1.54, 1.807) is 0 Å². The topological polar surface area (TPSA) is 84.2 Å². The number of hydrogen-bond donors (Lipinski definition) is 3. The van der Waals surface area contributed by atoms with Gasteiger partial charge >= 0.3 is 0 Å². The third-order valence-electron chi connectivity index (χ3n) is 1.11. The van der Waals surface area contributed by atoms with Gasteiger partial charge in [0.2, 0.25) is 11.8 Å². The van der Waals surface area contributed by atoms with Gasteiger partial charge in [-0.25, -0.2) is 0 Å². The third-order valence-corrected chi connectivity index (χ3v) is 1.39. The molecule has 0 aliphatic carbocycles. The lowest BCUT2D eigenvalue weighted by Gasteiger charge is -2.04. The summed E-state index contributed by atoms with van der Waals surface area (Å²) in [5.41, 5.74) is 5.02. The summed E-state index contributed by atoms with van der Waals surface area (Å²) in [7, 11) is 0. The Hall–Kier alpha value is -0.880. The quantitative estimate of drug-likeness (QED) is 0.590. The first-order chi connectivity index (χ1) is 6.06. The van der Waals surface area contributed by atoms with E-state index in [-0.39, 0.29) is 24.9 Å². The summed E-state index contributed by atoms with van der Waals surface area (Å²) in [5, 5.41) is 4.86. The van der Waals surface area contributed by atoms with Crippen LogP contribution in [-0.2, 0) is 9.59 Å². The van der Waals surface area contributed by atoms with Crippen molar-refractivity contribution in [2.24, 2.45) is 5.73 Å². The number of hydrogen-bond acceptors (Lipinski definition) is 3. The lowest BCUT2D eigenvalue weighted by molar-refractivity contribution is -0.125. The van der Waals surface area contributed by atoms with Crippen LogP contribution < -0.4 is 16.4 Å². The molecule has 13 heavy (non-hydrogen) atoms. The predicted molar refractivity (Wildman–Crippen MR) is 53.1 cm³/mol. The summed E-state index contributed by atoms with van der Waals surface area (Å²) in [6, 6.07) is 0. The highest BCUT2D eigenvalue weighted by Crippen LogP contribution is 1.95. The maximum atomic E-state index is 10.9. The fourth-order valence-corrected chi connectivity index (χ4v) is 0.648. The van der Waals surface area contributed by atoms with Crippen molar-refractivity contribution in [1.29, 1.82) is 0 Å². The summed E-state index contributed by atoms with van der Waals surface area (Å²) in [5.74, 6) is -0.629. The van der Waals surface area contributed by atoms with Gasteiger partial charge in [0.15, 0.2) is 0 Å². The molecule has 0 radical (unpaired) electrons. The van der Waals surface area contributed by atoms with Crippen molar-refractivity contribution in [1.82, 2.24) is 10.6 Å². The molecule has 0 saturated carbocycles. The molecule has 4 N–H and O–H groups in total. The Bertz CT molecular complexity index is 218. The van der Waals surface area contributed by atoms with Gasteiger partial charge in [0.25, 0.3) is 0 Å². The van der Waals surface area contributed by atoms with E-state index in [0.29, 0.717) is 11.0 Å². The Morgan fingerprint density at radius 2 is 1.77 bits per heavy atom. The van der Waals surface area contributed by atoms with E-state index in [1.165, 1.54) is 0 Å². The smallest absolute Gasteiger partial charge is 0.239 e. The van der Waals surface area contributed by atoms with Gasteiger partial charge in [-0.3, -0.25) is 9.59 Å². The van der Waals surface area contributed by atoms with E-state index in [1.807, 2.05) is 0 Å². The Kier molecular flexibility index (Phi) is 6.17. The van der Waals surface area contributed by atoms with Crippen LogP contribution in [0.15, 0.2) is 11.1 Å². The molecule has 0 unspecified atom stereocenters. The predicted octanol–water partition coefficient (Wildman–Crippen LogP) is -0.914. The number of amides is 2. The maximum absolute atomic E-state index is 10.9. The maximum Gasteiger partial charge on any atom is 0.239 e. The molecule has 0 aliphatic rings. The first-order valence-electron chi connectivity index (χ1n) is 3.63. The van der Waals surface area contributed by atoms with Gasteiger partial charge in [-0.1, -0.05) is 22.5 Å². The normalized spacial score (nSPS) is 9.08. The second-order valence-corrected chi connectivity index (χ2v) is 3.40. The molecule has 0 atom stereocenters. The minimum Gasteiger partial charge on any atom is -0.350 e. The minimum absolute atomic E-state index is 0.0592. The molecule has 0 bridgehead atoms. The van der Waals surface area contributed by atoms with Gasteiger partial charge in [0.05, 0.1) is 13.1 Å². The van der Waals surface area contributed by atoms with Gasteiger partial charge in [-0.15, -0.1) is 0 Å². The molecule has 0 aliphatic heterocycles. The van der Waals surface area contributed by atoms with Crippen molar-refractivity contribution in [3.63, 3.8) is 0 Å². The highest BCUT2D eigenvalue weighted by Gasteiger charge is 2.02. The average Bonchev–Trinajstić information content (AvgIpc) is 2.10. The molecule has 0 saturated heterocycles. The van der Waals surface area contributed by atoms with E-state index in [9.17, 15) is 9.59 Å². The molecular weight excluding hydrogens is 238 g/mol. The molecular formula is C7H12BrN3O2. The number of rotatable bonds is 5. The van der Waals surface area contributed by atoms with E-state index in [2.05, 4.69) is 33.1 Å². The number of carbonyl (C=O) groups excluding carboxylic acids is 2. The van der Waals surface area contributed by atoms with Crippen LogP contribution >= 0.6 is 15.9 Å². The van der Waals surface area contributed by atoms with E-state index >= 15 is 0 Å². The van der Waals surface area contributed by atoms with Crippen molar-refractivity contribution in [2.75, 3.05) is 19.6 Å². The molecule has 6 heteroatoms. The molecule has 0 aromatic rings. The zero-order valence-electron chi connectivity index (χ0n) is 7.10. The molecule has 2 amide bonds. The fourth-order valence-electron chi connectivity index (χ4n) is 0.508. The zero-order chi connectivity index (χ0) is 10.3. The summed E-state index contributed by atoms with van der Waals surface area (Å²) < 4.78 is 0.672. The van der Waals surface area contributed by atoms with E-state index in [4.69, 9.17) is 5.73 Å². The number of nitrogens with two attached hydrogens (primary N) is 1. The van der Waals surface area contributed by atoms with Crippen LogP contribution in [0.3, 0.4) is 0 Å². The van der Waals surface area contributed by atoms with Crippen molar-refractivity contribution in [3.8, 4) is 0 Å². The van der Waals surface area contributed by atoms with Crippen molar-refractivity contribution in [3.05, 3.63) is 11.1 Å². The fraction of sp³-hybridized carbons (Fsp3) is 0.429. The van der Waals surface area contributed by atoms with Crippen molar-refractivity contribution >= 4 is 27.7 Å². The Morgan fingerprint density at radius 3 is 2.23 bits per heavy atom. The molecule has 0 fully saturated rings. The highest BCUT2D eigenvalue weighted by molar-refractivity contribution is 9.11. The number of halogens is 1. The monoisotopic (exact) mass is 249 g/mol. The first kappa shape index (κ1) is 12.1. The van der Waals surface area contributed by atoms with Gasteiger partial charge in [0.1, 0.15) is 0 Å². The van der Waals surface area contributed by atoms with Crippen LogP contribution in [0.25, 0.3) is 0 Å². The minimum atomic E-state index is -0.354. The molecule has 5 nitrogen and oxygen atoms in total. The van der Waals surface area contributed by atoms with Crippen molar-refractivity contribution < 1.29 is 9.59 Å². The Morgan fingerprint density at radius 1 is 1.23 bits per heavy atom. The lowest BCUT2D eigenvalue weighted by atomic mass is 10.5. The summed E-state index contributed by atoms with van der Waals surface area (Å²) >= 11 is 3.08. The third kappa shape index (κ3) is 7.48. The molecule has 74 valence electrons. The summed E-state index contributed by atoms with van der Waals surface area (Å²) in [6.45, 7) is 3.71. The zero-order valence-corrected chi connectivity index (χ0v) is 8.69. The van der Waals surface area contributed by atoms with Crippen LogP contribution in [0.2, 0.25) is 0 Å². The van der Waals surface area contributed by atoms with E-state index < -0.39 is 0 Å². The van der Waals surface area contributed by atoms with Crippen LogP contribution in [-0.4, -0.2) is 31.4 Å². The number of carbonyl (C=O) groups is 2. The van der Waals surface area contributed by atoms with Gasteiger partial charge in [0, 0.05) is 11.0 Å². The first-order valence-corrected chi connectivity index (χ1v) is 4.42. The highest BCUT2D eigenvalue weighted by atomic mass is 79.9. The standard InChI is InChI=1S/C7H12BrN3O2/c1-5(8)3-10-7(13)4-11-6(12)2-9/h1-4,9H2,(H,10,13)(H,11,12). The molecule has 0 heterocycles. The number of nitrogens with one attached hydrogen (secondary N) is 2. The van der Waals surface area contributed by atoms with Gasteiger partial charge in [-0.2, -0.15) is 0 Å². The SMILES string of the molecule is C=C(Br)CNC(=O)CNC(=O)CN. The molecule has 0 spiro atoms. The largest absolute Gasteiger partial charge is 0.350 e. The molecule has 0 rings (SSSR count). The van der Waals surface area contributed by atoms with Crippen LogP contribution in [0.1, 0.15) is 0 Å². The Labute approximate surface area is 84.9 Å². The van der Waals surface area contributed by atoms with Crippen LogP contribution in [0, 0.1) is 0 Å².